The Morgan fingerprint density at radius 1 is 1.27 bits per heavy atom. The lowest BCUT2D eigenvalue weighted by atomic mass is 9.79. The van der Waals surface area contributed by atoms with Gasteiger partial charge in [-0.1, -0.05) is 30.3 Å². The lowest BCUT2D eigenvalue weighted by molar-refractivity contribution is -0.188. The van der Waals surface area contributed by atoms with Crippen molar-refractivity contribution in [2.45, 2.75) is 37.4 Å². The molecule has 1 N–H and O–H groups in total. The van der Waals surface area contributed by atoms with Crippen molar-refractivity contribution >= 4 is 5.91 Å². The molecule has 144 valence electrons. The average Bonchev–Trinajstić information content (AvgIpc) is 3.41. The van der Waals surface area contributed by atoms with Gasteiger partial charge in [0.2, 0.25) is 0 Å². The van der Waals surface area contributed by atoms with Crippen LogP contribution in [0.5, 0.6) is 0 Å². The second-order valence-corrected chi connectivity index (χ2v) is 7.43. The molecule has 0 aromatic heterocycles. The largest absolute Gasteiger partial charge is 0.471 e. The van der Waals surface area contributed by atoms with Crippen LogP contribution in [0, 0.1) is 5.41 Å². The molecule has 1 heterocycles. The van der Waals surface area contributed by atoms with Crippen LogP contribution in [-0.4, -0.2) is 56.4 Å². The average molecular weight is 370 g/mol. The van der Waals surface area contributed by atoms with Gasteiger partial charge in [0, 0.05) is 31.0 Å². The zero-order valence-corrected chi connectivity index (χ0v) is 14.9. The van der Waals surface area contributed by atoms with Gasteiger partial charge in [0.1, 0.15) is 0 Å². The van der Waals surface area contributed by atoms with Crippen LogP contribution in [0.25, 0.3) is 0 Å². The number of amides is 1. The number of nitrogens with one attached hydrogen (secondary N) is 1. The Morgan fingerprint density at radius 3 is 2.50 bits per heavy atom. The van der Waals surface area contributed by atoms with E-state index in [1.807, 2.05) is 30.3 Å². The van der Waals surface area contributed by atoms with Crippen LogP contribution >= 0.6 is 0 Å². The lowest BCUT2D eigenvalue weighted by Gasteiger charge is -2.41. The number of benzene rings is 1. The summed E-state index contributed by atoms with van der Waals surface area (Å²) in [5, 5.41) is 3.23. The normalized spacial score (nSPS) is 24.9. The molecule has 0 bridgehead atoms. The van der Waals surface area contributed by atoms with Crippen molar-refractivity contribution in [3.63, 3.8) is 0 Å². The fraction of sp³-hybridized carbons (Fsp3) is 0.632. The van der Waals surface area contributed by atoms with Crippen molar-refractivity contribution in [2.75, 3.05) is 33.4 Å². The quantitative estimate of drug-likeness (QED) is 0.837. The number of hydrogen-bond acceptors (Lipinski definition) is 3. The summed E-state index contributed by atoms with van der Waals surface area (Å²) in [6, 6.07) is 9.06. The minimum atomic E-state index is -4.86. The number of piperidine rings is 1. The maximum absolute atomic E-state index is 13.2. The summed E-state index contributed by atoms with van der Waals surface area (Å²) in [4.78, 5) is 13.3. The lowest BCUT2D eigenvalue weighted by Crippen LogP contribution is -2.52. The van der Waals surface area contributed by atoms with Crippen LogP contribution in [0.3, 0.4) is 0 Å². The Kier molecular flexibility index (Phi) is 5.58. The molecule has 7 heteroatoms. The van der Waals surface area contributed by atoms with Gasteiger partial charge in [-0.3, -0.25) is 4.79 Å². The molecule has 1 aliphatic carbocycles. The third-order valence-corrected chi connectivity index (χ3v) is 5.51. The first-order chi connectivity index (χ1) is 12.4. The van der Waals surface area contributed by atoms with Gasteiger partial charge in [0.25, 0.3) is 0 Å². The summed E-state index contributed by atoms with van der Waals surface area (Å²) in [6.07, 6.45) is -2.88. The minimum absolute atomic E-state index is 0.0242. The van der Waals surface area contributed by atoms with Crippen LogP contribution in [0.2, 0.25) is 0 Å². The van der Waals surface area contributed by atoms with Crippen LogP contribution in [0.15, 0.2) is 30.3 Å². The van der Waals surface area contributed by atoms with Gasteiger partial charge in [0.05, 0.1) is 6.61 Å². The SMILES string of the molecule is COCC1(CN(C(=O)C(F)(F)F)C2CC2c2ccccc2)CCNCC1. The molecule has 1 amide bonds. The van der Waals surface area contributed by atoms with Crippen LogP contribution in [-0.2, 0) is 9.53 Å². The topological polar surface area (TPSA) is 41.6 Å². The van der Waals surface area contributed by atoms with Gasteiger partial charge in [-0.05, 0) is 37.9 Å². The summed E-state index contributed by atoms with van der Waals surface area (Å²) in [5.41, 5.74) is 0.564. The van der Waals surface area contributed by atoms with Crippen molar-refractivity contribution < 1.29 is 22.7 Å². The van der Waals surface area contributed by atoms with E-state index >= 15 is 0 Å². The highest BCUT2D eigenvalue weighted by atomic mass is 19.4. The Bertz CT molecular complexity index is 609. The highest BCUT2D eigenvalue weighted by molar-refractivity contribution is 5.82. The summed E-state index contributed by atoms with van der Waals surface area (Å²) in [7, 11) is 1.56. The number of nitrogens with zero attached hydrogens (tertiary/aromatic N) is 1. The summed E-state index contributed by atoms with van der Waals surface area (Å²) in [6.45, 7) is 1.91. The third kappa shape index (κ3) is 4.20. The van der Waals surface area contributed by atoms with Crippen molar-refractivity contribution in [1.82, 2.24) is 10.2 Å². The molecule has 0 spiro atoms. The van der Waals surface area contributed by atoms with E-state index in [-0.39, 0.29) is 12.5 Å². The van der Waals surface area contributed by atoms with E-state index in [9.17, 15) is 18.0 Å². The van der Waals surface area contributed by atoms with Crippen LogP contribution in [0.1, 0.15) is 30.7 Å². The molecule has 3 rings (SSSR count). The fourth-order valence-corrected chi connectivity index (χ4v) is 4.06. The predicted molar refractivity (Wildman–Crippen MR) is 91.8 cm³/mol. The van der Waals surface area contributed by atoms with Gasteiger partial charge < -0.3 is 15.0 Å². The van der Waals surface area contributed by atoms with Gasteiger partial charge in [-0.2, -0.15) is 13.2 Å². The second kappa shape index (κ2) is 7.56. The molecule has 0 radical (unpaired) electrons. The molecule has 1 aromatic rings. The summed E-state index contributed by atoms with van der Waals surface area (Å²) in [5.74, 6) is -1.75. The number of halogens is 3. The van der Waals surface area contributed by atoms with Crippen LogP contribution in [0.4, 0.5) is 13.2 Å². The Labute approximate surface area is 151 Å². The molecule has 4 nitrogen and oxygen atoms in total. The van der Waals surface area contributed by atoms with Gasteiger partial charge >= 0.3 is 12.1 Å². The van der Waals surface area contributed by atoms with E-state index in [0.29, 0.717) is 25.9 Å². The molecule has 2 unspecified atom stereocenters. The zero-order valence-electron chi connectivity index (χ0n) is 14.9. The highest BCUT2D eigenvalue weighted by Crippen LogP contribution is 2.47. The smallest absolute Gasteiger partial charge is 0.384 e. The molecule has 2 atom stereocenters. The van der Waals surface area contributed by atoms with Gasteiger partial charge in [-0.25, -0.2) is 0 Å². The molecule has 2 aliphatic rings. The molecular weight excluding hydrogens is 345 g/mol. The number of alkyl halides is 3. The number of methoxy groups -OCH3 is 1. The number of rotatable bonds is 6. The molecule has 1 aliphatic heterocycles. The Morgan fingerprint density at radius 2 is 1.92 bits per heavy atom. The number of carbonyl (C=O) groups is 1. The maximum Gasteiger partial charge on any atom is 0.471 e. The standard InChI is InChI=1S/C19H25F3N2O2/c1-26-13-18(7-9-23-10-8-18)12-24(17(25)19(20,21)22)16-11-15(16)14-5-3-2-4-6-14/h2-6,15-16,23H,7-13H2,1H3. The molecule has 26 heavy (non-hydrogen) atoms. The third-order valence-electron chi connectivity index (χ3n) is 5.51. The zero-order chi connectivity index (χ0) is 18.8. The van der Waals surface area contributed by atoms with E-state index in [0.717, 1.165) is 23.6 Å². The number of carbonyl (C=O) groups excluding carboxylic acids is 1. The molecular formula is C19H25F3N2O2. The Hall–Kier alpha value is -1.60. The van der Waals surface area contributed by atoms with Crippen molar-refractivity contribution in [1.29, 1.82) is 0 Å². The molecule has 1 saturated carbocycles. The summed E-state index contributed by atoms with van der Waals surface area (Å²) < 4.78 is 45.1. The molecule has 1 saturated heterocycles. The number of hydrogen-bond donors (Lipinski definition) is 1. The van der Waals surface area contributed by atoms with Crippen molar-refractivity contribution in [2.24, 2.45) is 5.41 Å². The van der Waals surface area contributed by atoms with Crippen LogP contribution < -0.4 is 5.32 Å². The first-order valence-electron chi connectivity index (χ1n) is 8.99. The summed E-state index contributed by atoms with van der Waals surface area (Å²) >= 11 is 0. The van der Waals surface area contributed by atoms with Crippen molar-refractivity contribution in [3.05, 3.63) is 35.9 Å². The Balaban J connectivity index is 1.81. The van der Waals surface area contributed by atoms with Gasteiger partial charge in [0.15, 0.2) is 0 Å². The van der Waals surface area contributed by atoms with E-state index in [1.54, 1.807) is 7.11 Å². The van der Waals surface area contributed by atoms with E-state index in [2.05, 4.69) is 5.32 Å². The van der Waals surface area contributed by atoms with Gasteiger partial charge in [-0.15, -0.1) is 0 Å². The first kappa shape index (κ1) is 19.2. The molecule has 1 aromatic carbocycles. The maximum atomic E-state index is 13.2. The monoisotopic (exact) mass is 370 g/mol. The van der Waals surface area contributed by atoms with E-state index in [4.69, 9.17) is 4.74 Å². The predicted octanol–water partition coefficient (Wildman–Crippen LogP) is 2.95. The minimum Gasteiger partial charge on any atom is -0.384 e. The van der Waals surface area contributed by atoms with Crippen molar-refractivity contribution in [3.8, 4) is 0 Å². The number of ether oxygens (including phenoxy) is 1. The second-order valence-electron chi connectivity index (χ2n) is 7.43. The van der Waals surface area contributed by atoms with E-state index < -0.39 is 23.5 Å². The highest BCUT2D eigenvalue weighted by Gasteiger charge is 2.53. The molecule has 2 fully saturated rings. The fourth-order valence-electron chi connectivity index (χ4n) is 4.06. The first-order valence-corrected chi connectivity index (χ1v) is 8.99. The van der Waals surface area contributed by atoms with E-state index in [1.165, 1.54) is 0 Å².